The zero-order valence-electron chi connectivity index (χ0n) is 7.54. The summed E-state index contributed by atoms with van der Waals surface area (Å²) < 4.78 is 36.2. The molecule has 0 spiro atoms. The third-order valence-electron chi connectivity index (χ3n) is 1.74. The van der Waals surface area contributed by atoms with E-state index in [1.807, 2.05) is 0 Å². The van der Waals surface area contributed by atoms with Gasteiger partial charge in [0.15, 0.2) is 0 Å². The quantitative estimate of drug-likeness (QED) is 0.803. The van der Waals surface area contributed by atoms with Crippen LogP contribution in [0.4, 0.5) is 13.2 Å². The van der Waals surface area contributed by atoms with Crippen LogP contribution in [0.3, 0.4) is 0 Å². The third kappa shape index (κ3) is 2.99. The summed E-state index contributed by atoms with van der Waals surface area (Å²) in [6, 6.07) is 2.95. The van der Waals surface area contributed by atoms with Crippen molar-refractivity contribution in [2.45, 2.75) is 25.6 Å². The van der Waals surface area contributed by atoms with E-state index in [-0.39, 0.29) is 11.3 Å². The Morgan fingerprint density at radius 2 is 2.14 bits per heavy atom. The highest BCUT2D eigenvalue weighted by molar-refractivity contribution is 5.22. The summed E-state index contributed by atoms with van der Waals surface area (Å²) in [6.45, 7) is 1.41. The molecule has 1 aromatic rings. The van der Waals surface area contributed by atoms with Gasteiger partial charge in [-0.15, -0.1) is 0 Å². The lowest BCUT2D eigenvalue weighted by atomic mass is 10.1. The van der Waals surface area contributed by atoms with E-state index >= 15 is 0 Å². The van der Waals surface area contributed by atoms with Crippen molar-refractivity contribution in [3.05, 3.63) is 29.6 Å². The number of aromatic nitrogens is 1. The van der Waals surface area contributed by atoms with E-state index in [9.17, 15) is 18.3 Å². The number of nitrogens with zero attached hydrogens (tertiary/aromatic N) is 1. The summed E-state index contributed by atoms with van der Waals surface area (Å²) in [4.78, 5) is 3.61. The highest BCUT2D eigenvalue weighted by Gasteiger charge is 2.30. The number of hydrogen-bond donors (Lipinski definition) is 1. The Labute approximate surface area is 79.4 Å². The van der Waals surface area contributed by atoms with Crippen LogP contribution in [-0.2, 0) is 6.42 Å². The van der Waals surface area contributed by atoms with Crippen LogP contribution >= 0.6 is 0 Å². The second kappa shape index (κ2) is 3.96. The molecule has 1 unspecified atom stereocenters. The molecule has 0 bridgehead atoms. The van der Waals surface area contributed by atoms with Gasteiger partial charge in [-0.1, -0.05) is 6.07 Å². The summed E-state index contributed by atoms with van der Waals surface area (Å²) in [7, 11) is 0. The fraction of sp³-hybridized carbons (Fsp3) is 0.444. The average Bonchev–Trinajstić information content (AvgIpc) is 2.01. The summed E-state index contributed by atoms with van der Waals surface area (Å²) in [5.74, 6) is 0. The summed E-state index contributed by atoms with van der Waals surface area (Å²) in [5, 5.41) is 9.19. The van der Waals surface area contributed by atoms with Gasteiger partial charge in [-0.25, -0.2) is 0 Å². The molecular formula is C9H10F3NO. The Morgan fingerprint density at radius 1 is 1.50 bits per heavy atom. The molecule has 1 N–H and O–H groups in total. The zero-order chi connectivity index (χ0) is 10.8. The average molecular weight is 205 g/mol. The first-order chi connectivity index (χ1) is 6.40. The highest BCUT2D eigenvalue weighted by atomic mass is 19.4. The maximum atomic E-state index is 12.1. The molecule has 14 heavy (non-hydrogen) atoms. The molecule has 0 aliphatic carbocycles. The number of pyridine rings is 1. The first-order valence-corrected chi connectivity index (χ1v) is 4.09. The molecule has 0 aliphatic rings. The number of aliphatic hydroxyl groups is 1. The predicted molar refractivity (Wildman–Crippen MR) is 44.6 cm³/mol. The normalized spacial score (nSPS) is 14.1. The molecular weight excluding hydrogens is 195 g/mol. The molecule has 1 atom stereocenters. The Balaban J connectivity index is 2.96. The summed E-state index contributed by atoms with van der Waals surface area (Å²) in [5.41, 5.74) is 0.111. The molecule has 1 heterocycles. The molecule has 1 rings (SSSR count). The van der Waals surface area contributed by atoms with Crippen molar-refractivity contribution >= 4 is 0 Å². The van der Waals surface area contributed by atoms with E-state index in [0.717, 1.165) is 0 Å². The number of halogens is 3. The summed E-state index contributed by atoms with van der Waals surface area (Å²) in [6.07, 6.45) is -5.04. The van der Waals surface area contributed by atoms with Crippen LogP contribution < -0.4 is 0 Å². The molecule has 0 aromatic carbocycles. The first kappa shape index (κ1) is 11.0. The van der Waals surface area contributed by atoms with Gasteiger partial charge < -0.3 is 5.11 Å². The minimum absolute atomic E-state index is 0.116. The number of alkyl halides is 3. The van der Waals surface area contributed by atoms with Gasteiger partial charge >= 0.3 is 6.18 Å². The molecule has 0 saturated heterocycles. The molecule has 0 saturated carbocycles. The van der Waals surface area contributed by atoms with Crippen LogP contribution in [0.25, 0.3) is 0 Å². The number of hydrogen-bond acceptors (Lipinski definition) is 2. The van der Waals surface area contributed by atoms with E-state index in [1.165, 1.54) is 25.3 Å². The summed E-state index contributed by atoms with van der Waals surface area (Å²) >= 11 is 0. The monoisotopic (exact) mass is 205 g/mol. The van der Waals surface area contributed by atoms with Crippen molar-refractivity contribution in [1.29, 1.82) is 0 Å². The number of aliphatic hydroxyl groups excluding tert-OH is 1. The molecule has 0 radical (unpaired) electrons. The second-order valence-corrected chi connectivity index (χ2v) is 3.01. The first-order valence-electron chi connectivity index (χ1n) is 4.09. The molecule has 0 fully saturated rings. The van der Waals surface area contributed by atoms with E-state index in [1.54, 1.807) is 0 Å². The molecule has 1 aromatic heterocycles. The van der Waals surface area contributed by atoms with Crippen molar-refractivity contribution in [2.24, 2.45) is 0 Å². The topological polar surface area (TPSA) is 33.1 Å². The largest absolute Gasteiger partial charge is 0.394 e. The van der Waals surface area contributed by atoms with E-state index in [2.05, 4.69) is 4.98 Å². The van der Waals surface area contributed by atoms with Crippen LogP contribution in [0, 0.1) is 0 Å². The predicted octanol–water partition coefficient (Wildman–Crippen LogP) is 2.24. The van der Waals surface area contributed by atoms with Crippen molar-refractivity contribution in [1.82, 2.24) is 4.98 Å². The van der Waals surface area contributed by atoms with Gasteiger partial charge in [-0.3, -0.25) is 4.98 Å². The second-order valence-electron chi connectivity index (χ2n) is 3.01. The molecule has 5 heteroatoms. The number of rotatable bonds is 2. The van der Waals surface area contributed by atoms with Gasteiger partial charge in [0.2, 0.25) is 0 Å². The van der Waals surface area contributed by atoms with Crippen LogP contribution in [0.2, 0.25) is 0 Å². The van der Waals surface area contributed by atoms with Crippen LogP contribution in [0.15, 0.2) is 18.3 Å². The Hall–Kier alpha value is -1.10. The van der Waals surface area contributed by atoms with Gasteiger partial charge in [-0.05, 0) is 13.0 Å². The fourth-order valence-electron chi connectivity index (χ4n) is 1.17. The van der Waals surface area contributed by atoms with Crippen LogP contribution in [0.5, 0.6) is 0 Å². The Morgan fingerprint density at radius 3 is 2.64 bits per heavy atom. The van der Waals surface area contributed by atoms with Gasteiger partial charge in [0.05, 0.1) is 18.2 Å². The minimum atomic E-state index is -4.29. The Kier molecular flexibility index (Phi) is 3.10. The van der Waals surface area contributed by atoms with Crippen molar-refractivity contribution in [3.8, 4) is 0 Å². The lowest BCUT2D eigenvalue weighted by molar-refractivity contribution is -0.128. The lowest BCUT2D eigenvalue weighted by Crippen LogP contribution is -2.15. The maximum absolute atomic E-state index is 12.1. The van der Waals surface area contributed by atoms with E-state index < -0.39 is 18.7 Å². The van der Waals surface area contributed by atoms with E-state index in [4.69, 9.17) is 0 Å². The molecule has 2 nitrogen and oxygen atoms in total. The highest BCUT2D eigenvalue weighted by Crippen LogP contribution is 2.24. The van der Waals surface area contributed by atoms with Crippen molar-refractivity contribution in [3.63, 3.8) is 0 Å². The van der Waals surface area contributed by atoms with Crippen LogP contribution in [-0.4, -0.2) is 16.3 Å². The maximum Gasteiger partial charge on any atom is 0.394 e. The van der Waals surface area contributed by atoms with Crippen molar-refractivity contribution in [2.75, 3.05) is 0 Å². The Bertz CT molecular complexity index is 309. The molecule has 78 valence electrons. The van der Waals surface area contributed by atoms with Crippen molar-refractivity contribution < 1.29 is 18.3 Å². The van der Waals surface area contributed by atoms with Gasteiger partial charge in [-0.2, -0.15) is 13.2 Å². The fourth-order valence-corrected chi connectivity index (χ4v) is 1.17. The zero-order valence-corrected chi connectivity index (χ0v) is 7.54. The van der Waals surface area contributed by atoms with Gasteiger partial charge in [0.1, 0.15) is 0 Å². The van der Waals surface area contributed by atoms with E-state index in [0.29, 0.717) is 0 Å². The standard InChI is InChI=1S/C9H10F3NO/c1-6(14)7-3-2-4-13-8(7)5-9(10,11)12/h2-4,6,14H,5H2,1H3. The SMILES string of the molecule is CC(O)c1cccnc1CC(F)(F)F. The third-order valence-corrected chi connectivity index (χ3v) is 1.74. The lowest BCUT2D eigenvalue weighted by Gasteiger charge is -2.12. The van der Waals surface area contributed by atoms with Crippen LogP contribution in [0.1, 0.15) is 24.3 Å². The molecule has 0 aliphatic heterocycles. The minimum Gasteiger partial charge on any atom is -0.389 e. The smallest absolute Gasteiger partial charge is 0.389 e. The van der Waals surface area contributed by atoms with Gasteiger partial charge in [0, 0.05) is 11.8 Å². The molecule has 0 amide bonds. The van der Waals surface area contributed by atoms with Gasteiger partial charge in [0.25, 0.3) is 0 Å².